The summed E-state index contributed by atoms with van der Waals surface area (Å²) in [6.07, 6.45) is 2.43. The molecule has 1 unspecified atom stereocenters. The topological polar surface area (TPSA) is 76.7 Å². The molecule has 3 rings (SSSR count). The number of halogens is 1. The standard InChI is InChI=1S/C14H16FN5/c1-8(9-6-7-9)17-14-19-12(18-13(16)20-14)10-4-2-3-5-11(10)15/h2-5,8-9H,6-7H2,1H3,(H3,16,17,18,19,20). The Bertz CT molecular complexity index is 627. The van der Waals surface area contributed by atoms with E-state index < -0.39 is 0 Å². The minimum atomic E-state index is -0.376. The molecule has 1 aliphatic carbocycles. The van der Waals surface area contributed by atoms with Crippen molar-refractivity contribution in [2.45, 2.75) is 25.8 Å². The zero-order valence-electron chi connectivity index (χ0n) is 11.2. The van der Waals surface area contributed by atoms with Crippen LogP contribution in [-0.4, -0.2) is 21.0 Å². The first kappa shape index (κ1) is 12.8. The van der Waals surface area contributed by atoms with Gasteiger partial charge >= 0.3 is 0 Å². The lowest BCUT2D eigenvalue weighted by atomic mass is 10.2. The molecule has 0 saturated heterocycles. The first-order valence-electron chi connectivity index (χ1n) is 6.66. The van der Waals surface area contributed by atoms with Gasteiger partial charge in [-0.1, -0.05) is 12.1 Å². The van der Waals surface area contributed by atoms with Crippen LogP contribution in [0.2, 0.25) is 0 Å². The second-order valence-electron chi connectivity index (χ2n) is 5.09. The highest BCUT2D eigenvalue weighted by molar-refractivity contribution is 5.58. The number of benzene rings is 1. The van der Waals surface area contributed by atoms with Crippen LogP contribution < -0.4 is 11.1 Å². The van der Waals surface area contributed by atoms with Gasteiger partial charge in [-0.05, 0) is 37.8 Å². The van der Waals surface area contributed by atoms with E-state index in [2.05, 4.69) is 27.2 Å². The molecule has 0 aliphatic heterocycles. The Morgan fingerprint density at radius 2 is 2.00 bits per heavy atom. The van der Waals surface area contributed by atoms with Crippen LogP contribution in [0, 0.1) is 11.7 Å². The summed E-state index contributed by atoms with van der Waals surface area (Å²) in [6, 6.07) is 6.63. The summed E-state index contributed by atoms with van der Waals surface area (Å²) in [5.41, 5.74) is 6.01. The molecule has 6 heteroatoms. The quantitative estimate of drug-likeness (QED) is 0.895. The van der Waals surface area contributed by atoms with E-state index in [9.17, 15) is 4.39 Å². The van der Waals surface area contributed by atoms with Crippen LogP contribution in [0.1, 0.15) is 19.8 Å². The van der Waals surface area contributed by atoms with Gasteiger partial charge in [0, 0.05) is 6.04 Å². The molecular formula is C14H16FN5. The number of hydrogen-bond acceptors (Lipinski definition) is 5. The van der Waals surface area contributed by atoms with E-state index in [0.29, 0.717) is 17.4 Å². The minimum absolute atomic E-state index is 0.0868. The van der Waals surface area contributed by atoms with Gasteiger partial charge in [0.05, 0.1) is 5.56 Å². The molecule has 1 aromatic carbocycles. The summed E-state index contributed by atoms with van der Waals surface area (Å²) in [6.45, 7) is 2.08. The lowest BCUT2D eigenvalue weighted by Gasteiger charge is -2.13. The Labute approximate surface area is 116 Å². The number of nitrogen functional groups attached to an aromatic ring is 1. The Morgan fingerprint density at radius 1 is 1.25 bits per heavy atom. The molecule has 0 spiro atoms. The molecule has 1 aromatic heterocycles. The van der Waals surface area contributed by atoms with Gasteiger partial charge in [0.25, 0.3) is 0 Å². The predicted molar refractivity (Wildman–Crippen MR) is 75.4 cm³/mol. The van der Waals surface area contributed by atoms with Crippen molar-refractivity contribution in [1.29, 1.82) is 0 Å². The second kappa shape index (κ2) is 5.03. The fourth-order valence-corrected chi connectivity index (χ4v) is 2.14. The van der Waals surface area contributed by atoms with Crippen molar-refractivity contribution in [1.82, 2.24) is 15.0 Å². The zero-order valence-corrected chi connectivity index (χ0v) is 11.2. The van der Waals surface area contributed by atoms with Gasteiger partial charge in [0.15, 0.2) is 5.82 Å². The first-order valence-corrected chi connectivity index (χ1v) is 6.66. The second-order valence-corrected chi connectivity index (χ2v) is 5.09. The Balaban J connectivity index is 1.92. The number of hydrogen-bond donors (Lipinski definition) is 2. The maximum absolute atomic E-state index is 13.8. The van der Waals surface area contributed by atoms with Crippen molar-refractivity contribution >= 4 is 11.9 Å². The molecule has 1 aliphatic rings. The number of anilines is 2. The highest BCUT2D eigenvalue weighted by Gasteiger charge is 2.28. The third-order valence-corrected chi connectivity index (χ3v) is 3.45. The van der Waals surface area contributed by atoms with Gasteiger partial charge in [0.1, 0.15) is 5.82 Å². The lowest BCUT2D eigenvalue weighted by Crippen LogP contribution is -2.20. The highest BCUT2D eigenvalue weighted by atomic mass is 19.1. The van der Waals surface area contributed by atoms with E-state index in [1.165, 1.54) is 18.9 Å². The van der Waals surface area contributed by atoms with E-state index in [1.807, 2.05) is 0 Å². The number of rotatable bonds is 4. The van der Waals surface area contributed by atoms with Crippen LogP contribution in [0.25, 0.3) is 11.4 Å². The average Bonchev–Trinajstić information content (AvgIpc) is 3.22. The van der Waals surface area contributed by atoms with Crippen molar-refractivity contribution < 1.29 is 4.39 Å². The van der Waals surface area contributed by atoms with Gasteiger partial charge in [0.2, 0.25) is 11.9 Å². The number of nitrogens with two attached hydrogens (primary N) is 1. The molecular weight excluding hydrogens is 257 g/mol. The zero-order chi connectivity index (χ0) is 14.1. The summed E-state index contributed by atoms with van der Waals surface area (Å²) in [7, 11) is 0. The predicted octanol–water partition coefficient (Wildman–Crippen LogP) is 2.47. The van der Waals surface area contributed by atoms with E-state index in [-0.39, 0.29) is 23.6 Å². The van der Waals surface area contributed by atoms with Crippen LogP contribution in [-0.2, 0) is 0 Å². The summed E-state index contributed by atoms with van der Waals surface area (Å²) in [5, 5.41) is 3.21. The Hall–Kier alpha value is -2.24. The molecule has 0 bridgehead atoms. The van der Waals surface area contributed by atoms with Gasteiger partial charge in [-0.3, -0.25) is 0 Å². The summed E-state index contributed by atoms with van der Waals surface area (Å²) < 4.78 is 13.8. The molecule has 1 heterocycles. The van der Waals surface area contributed by atoms with Crippen molar-refractivity contribution in [3.05, 3.63) is 30.1 Å². The van der Waals surface area contributed by atoms with Crippen molar-refractivity contribution in [2.75, 3.05) is 11.1 Å². The molecule has 5 nitrogen and oxygen atoms in total. The van der Waals surface area contributed by atoms with Gasteiger partial charge in [-0.15, -0.1) is 0 Å². The van der Waals surface area contributed by atoms with Crippen molar-refractivity contribution in [2.24, 2.45) is 5.92 Å². The summed E-state index contributed by atoms with van der Waals surface area (Å²) in [4.78, 5) is 12.3. The van der Waals surface area contributed by atoms with Crippen LogP contribution in [0.5, 0.6) is 0 Å². The number of nitrogens with zero attached hydrogens (tertiary/aromatic N) is 3. The molecule has 1 fully saturated rings. The largest absolute Gasteiger partial charge is 0.368 e. The van der Waals surface area contributed by atoms with Crippen LogP contribution >= 0.6 is 0 Å². The maximum atomic E-state index is 13.8. The minimum Gasteiger partial charge on any atom is -0.368 e. The smallest absolute Gasteiger partial charge is 0.228 e. The summed E-state index contributed by atoms with van der Waals surface area (Å²) in [5.74, 6) is 1.02. The highest BCUT2D eigenvalue weighted by Crippen LogP contribution is 2.33. The van der Waals surface area contributed by atoms with Crippen molar-refractivity contribution in [3.8, 4) is 11.4 Å². The van der Waals surface area contributed by atoms with Gasteiger partial charge in [-0.2, -0.15) is 15.0 Å². The third kappa shape index (κ3) is 2.68. The van der Waals surface area contributed by atoms with Gasteiger partial charge in [-0.25, -0.2) is 4.39 Å². The number of nitrogens with one attached hydrogen (secondary N) is 1. The Morgan fingerprint density at radius 3 is 2.70 bits per heavy atom. The normalized spacial score (nSPS) is 15.9. The van der Waals surface area contributed by atoms with E-state index in [1.54, 1.807) is 18.2 Å². The molecule has 1 saturated carbocycles. The van der Waals surface area contributed by atoms with Crippen molar-refractivity contribution in [3.63, 3.8) is 0 Å². The molecule has 104 valence electrons. The molecule has 0 amide bonds. The number of aromatic nitrogens is 3. The SMILES string of the molecule is CC(Nc1nc(N)nc(-c2ccccc2F)n1)C1CC1. The van der Waals surface area contributed by atoms with Crippen LogP contribution in [0.3, 0.4) is 0 Å². The lowest BCUT2D eigenvalue weighted by molar-refractivity contribution is 0.629. The average molecular weight is 273 g/mol. The van der Waals surface area contributed by atoms with E-state index in [4.69, 9.17) is 5.73 Å². The molecule has 3 N–H and O–H groups in total. The first-order chi connectivity index (χ1) is 9.63. The monoisotopic (exact) mass is 273 g/mol. The third-order valence-electron chi connectivity index (χ3n) is 3.45. The molecule has 2 aromatic rings. The molecule has 1 atom stereocenters. The molecule has 20 heavy (non-hydrogen) atoms. The maximum Gasteiger partial charge on any atom is 0.228 e. The fourth-order valence-electron chi connectivity index (χ4n) is 2.14. The van der Waals surface area contributed by atoms with Gasteiger partial charge < -0.3 is 11.1 Å². The summed E-state index contributed by atoms with van der Waals surface area (Å²) >= 11 is 0. The van der Waals surface area contributed by atoms with Crippen LogP contribution in [0.4, 0.5) is 16.3 Å². The van der Waals surface area contributed by atoms with E-state index >= 15 is 0 Å². The Kier molecular flexibility index (Phi) is 3.22. The fraction of sp³-hybridized carbons (Fsp3) is 0.357. The molecule has 0 radical (unpaired) electrons. The van der Waals surface area contributed by atoms with Crippen LogP contribution in [0.15, 0.2) is 24.3 Å². The van der Waals surface area contributed by atoms with E-state index in [0.717, 1.165) is 0 Å².